The van der Waals surface area contributed by atoms with Crippen molar-refractivity contribution in [1.29, 1.82) is 0 Å². The van der Waals surface area contributed by atoms with E-state index in [9.17, 15) is 14.7 Å². The number of benzene rings is 1. The summed E-state index contributed by atoms with van der Waals surface area (Å²) in [6.07, 6.45) is 1.27. The van der Waals surface area contributed by atoms with Crippen molar-refractivity contribution < 1.29 is 14.7 Å². The van der Waals surface area contributed by atoms with Crippen molar-refractivity contribution >= 4 is 23.4 Å². The molecule has 0 saturated heterocycles. The molecule has 0 unspecified atom stereocenters. The van der Waals surface area contributed by atoms with Gasteiger partial charge in [-0.2, -0.15) is 0 Å². The predicted molar refractivity (Wildman–Crippen MR) is 78.6 cm³/mol. The first-order valence-corrected chi connectivity index (χ1v) is 6.68. The van der Waals surface area contributed by atoms with E-state index in [0.717, 1.165) is 0 Å². The maximum absolute atomic E-state index is 12.0. The van der Waals surface area contributed by atoms with Gasteiger partial charge in [-0.1, -0.05) is 25.4 Å². The second kappa shape index (κ2) is 6.01. The number of carboxylic acids is 1. The smallest absolute Gasteiger partial charge is 0.355 e. The average Bonchev–Trinajstić information content (AvgIpc) is 2.46. The largest absolute Gasteiger partial charge is 0.476 e. The first kappa shape index (κ1) is 15.1. The van der Waals surface area contributed by atoms with Crippen molar-refractivity contribution in [3.63, 3.8) is 0 Å². The number of Topliss-reactive ketones (excluding diaryl/α,β-unsaturated/α-hetero) is 1. The van der Waals surface area contributed by atoms with Gasteiger partial charge in [0.2, 0.25) is 0 Å². The van der Waals surface area contributed by atoms with Gasteiger partial charge in [0.25, 0.3) is 0 Å². The van der Waals surface area contributed by atoms with Crippen molar-refractivity contribution in [2.45, 2.75) is 13.8 Å². The summed E-state index contributed by atoms with van der Waals surface area (Å²) >= 11 is 5.80. The highest BCUT2D eigenvalue weighted by Gasteiger charge is 2.22. The van der Waals surface area contributed by atoms with Crippen LogP contribution in [0.4, 0.5) is 0 Å². The number of aromatic carboxylic acids is 1. The molecule has 6 heteroatoms. The Morgan fingerprint density at radius 1 is 1.19 bits per heavy atom. The zero-order valence-electron chi connectivity index (χ0n) is 11.5. The van der Waals surface area contributed by atoms with Gasteiger partial charge in [0.1, 0.15) is 0 Å². The molecule has 0 amide bonds. The molecule has 2 rings (SSSR count). The quantitative estimate of drug-likeness (QED) is 0.876. The van der Waals surface area contributed by atoms with Gasteiger partial charge in [0, 0.05) is 22.7 Å². The third-order valence-corrected chi connectivity index (χ3v) is 3.14. The Balaban J connectivity index is 2.53. The molecule has 21 heavy (non-hydrogen) atoms. The Hall–Kier alpha value is -2.27. The Bertz CT molecular complexity index is 697. The molecular weight excluding hydrogens is 292 g/mol. The summed E-state index contributed by atoms with van der Waals surface area (Å²) in [7, 11) is 0. The summed E-state index contributed by atoms with van der Waals surface area (Å²) in [4.78, 5) is 31.4. The van der Waals surface area contributed by atoms with Crippen LogP contribution in [0.1, 0.15) is 34.7 Å². The lowest BCUT2D eigenvalue weighted by molar-refractivity contribution is 0.0684. The fourth-order valence-electron chi connectivity index (χ4n) is 1.77. The van der Waals surface area contributed by atoms with Crippen LogP contribution < -0.4 is 0 Å². The molecule has 0 spiro atoms. The minimum absolute atomic E-state index is 0.0233. The van der Waals surface area contributed by atoms with Gasteiger partial charge < -0.3 is 5.11 Å². The SMILES string of the molecule is CC(C)C(=O)c1cnc(-c2ccc(Cl)cc2)nc1C(=O)O. The van der Waals surface area contributed by atoms with Crippen LogP contribution in [0.25, 0.3) is 11.4 Å². The highest BCUT2D eigenvalue weighted by Crippen LogP contribution is 2.20. The van der Waals surface area contributed by atoms with E-state index in [1.807, 2.05) is 0 Å². The number of halogens is 1. The normalized spacial score (nSPS) is 10.7. The molecule has 108 valence electrons. The molecule has 5 nitrogen and oxygen atoms in total. The van der Waals surface area contributed by atoms with E-state index in [1.165, 1.54) is 6.20 Å². The maximum atomic E-state index is 12.0. The number of rotatable bonds is 4. The summed E-state index contributed by atoms with van der Waals surface area (Å²) in [6, 6.07) is 6.70. The van der Waals surface area contributed by atoms with Crippen molar-refractivity contribution in [2.75, 3.05) is 0 Å². The van der Waals surface area contributed by atoms with Crippen LogP contribution in [-0.2, 0) is 0 Å². The molecule has 0 fully saturated rings. The van der Waals surface area contributed by atoms with Crippen LogP contribution in [0, 0.1) is 5.92 Å². The number of carbonyl (C=O) groups is 2. The zero-order chi connectivity index (χ0) is 15.6. The van der Waals surface area contributed by atoms with Gasteiger partial charge in [-0.25, -0.2) is 14.8 Å². The molecule has 0 radical (unpaired) electrons. The van der Waals surface area contributed by atoms with E-state index in [0.29, 0.717) is 10.6 Å². The van der Waals surface area contributed by atoms with E-state index in [1.54, 1.807) is 38.1 Å². The third kappa shape index (κ3) is 3.25. The number of carbonyl (C=O) groups excluding carboxylic acids is 1. The zero-order valence-corrected chi connectivity index (χ0v) is 12.3. The molecule has 0 atom stereocenters. The van der Waals surface area contributed by atoms with E-state index in [4.69, 9.17) is 11.6 Å². The number of hydrogen-bond donors (Lipinski definition) is 1. The summed E-state index contributed by atoms with van der Waals surface area (Å²) in [5.41, 5.74) is 0.370. The van der Waals surface area contributed by atoms with Crippen molar-refractivity contribution in [2.24, 2.45) is 5.92 Å². The highest BCUT2D eigenvalue weighted by atomic mass is 35.5. The predicted octanol–water partition coefficient (Wildman–Crippen LogP) is 3.33. The molecular formula is C15H13ClN2O3. The second-order valence-corrected chi connectivity index (χ2v) is 5.22. The van der Waals surface area contributed by atoms with Crippen LogP contribution in [0.3, 0.4) is 0 Å². The van der Waals surface area contributed by atoms with E-state index < -0.39 is 5.97 Å². The molecule has 1 heterocycles. The Morgan fingerprint density at radius 3 is 2.33 bits per heavy atom. The number of hydrogen-bond acceptors (Lipinski definition) is 4. The number of carboxylic acid groups (broad SMARTS) is 1. The van der Waals surface area contributed by atoms with Gasteiger partial charge >= 0.3 is 5.97 Å². The standard InChI is InChI=1S/C15H13ClN2O3/c1-8(2)13(19)11-7-17-14(18-12(11)15(20)21)9-3-5-10(16)6-4-9/h3-8H,1-2H3,(H,20,21). The molecule has 1 aromatic carbocycles. The van der Waals surface area contributed by atoms with Crippen LogP contribution in [0.5, 0.6) is 0 Å². The van der Waals surface area contributed by atoms with Crippen LogP contribution in [-0.4, -0.2) is 26.8 Å². The molecule has 0 saturated carbocycles. The fourth-order valence-corrected chi connectivity index (χ4v) is 1.90. The number of ketones is 1. The van der Waals surface area contributed by atoms with E-state index >= 15 is 0 Å². The van der Waals surface area contributed by atoms with Crippen LogP contribution >= 0.6 is 11.6 Å². The van der Waals surface area contributed by atoms with Gasteiger partial charge in [-0.15, -0.1) is 0 Å². The fraction of sp³-hybridized carbons (Fsp3) is 0.200. The molecule has 0 bridgehead atoms. The molecule has 0 aliphatic rings. The summed E-state index contributed by atoms with van der Waals surface area (Å²) < 4.78 is 0. The van der Waals surface area contributed by atoms with Gasteiger partial charge in [-0.05, 0) is 24.3 Å². The monoisotopic (exact) mass is 304 g/mol. The second-order valence-electron chi connectivity index (χ2n) is 4.79. The van der Waals surface area contributed by atoms with Crippen molar-refractivity contribution in [1.82, 2.24) is 9.97 Å². The average molecular weight is 305 g/mol. The summed E-state index contributed by atoms with van der Waals surface area (Å²) in [5.74, 6) is -1.64. The summed E-state index contributed by atoms with van der Waals surface area (Å²) in [5, 5.41) is 9.81. The molecule has 1 aromatic heterocycles. The highest BCUT2D eigenvalue weighted by molar-refractivity contribution is 6.30. The molecule has 0 aliphatic heterocycles. The Morgan fingerprint density at radius 2 is 1.81 bits per heavy atom. The first-order valence-electron chi connectivity index (χ1n) is 6.30. The minimum atomic E-state index is -1.25. The minimum Gasteiger partial charge on any atom is -0.476 e. The molecule has 1 N–H and O–H groups in total. The topological polar surface area (TPSA) is 80.2 Å². The van der Waals surface area contributed by atoms with E-state index in [-0.39, 0.29) is 28.8 Å². The van der Waals surface area contributed by atoms with Crippen LogP contribution in [0.2, 0.25) is 5.02 Å². The lowest BCUT2D eigenvalue weighted by Crippen LogP contribution is -2.16. The van der Waals surface area contributed by atoms with Gasteiger partial charge in [-0.3, -0.25) is 4.79 Å². The van der Waals surface area contributed by atoms with Gasteiger partial charge in [0.15, 0.2) is 17.3 Å². The lowest BCUT2D eigenvalue weighted by atomic mass is 10.0. The van der Waals surface area contributed by atoms with Crippen LogP contribution in [0.15, 0.2) is 30.5 Å². The third-order valence-electron chi connectivity index (χ3n) is 2.88. The first-order chi connectivity index (χ1) is 9.90. The van der Waals surface area contributed by atoms with Gasteiger partial charge in [0.05, 0.1) is 5.56 Å². The number of nitrogens with zero attached hydrogens (tertiary/aromatic N) is 2. The Labute approximate surface area is 126 Å². The molecule has 0 aliphatic carbocycles. The lowest BCUT2D eigenvalue weighted by Gasteiger charge is -2.08. The van der Waals surface area contributed by atoms with E-state index in [2.05, 4.69) is 9.97 Å². The van der Waals surface area contributed by atoms with Crippen molar-refractivity contribution in [3.05, 3.63) is 46.7 Å². The number of aromatic nitrogens is 2. The molecule has 2 aromatic rings. The van der Waals surface area contributed by atoms with Crippen molar-refractivity contribution in [3.8, 4) is 11.4 Å². The summed E-state index contributed by atoms with van der Waals surface area (Å²) in [6.45, 7) is 3.39. The Kier molecular flexibility index (Phi) is 4.33. The maximum Gasteiger partial charge on any atom is 0.355 e.